The summed E-state index contributed by atoms with van der Waals surface area (Å²) in [4.78, 5) is 13.4. The second kappa shape index (κ2) is 5.56. The molecule has 0 saturated heterocycles. The molecule has 0 aliphatic heterocycles. The molecule has 0 radical (unpaired) electrons. The number of hydrogen-bond acceptors (Lipinski definition) is 1. The normalized spacial score (nSPS) is 35.0. The van der Waals surface area contributed by atoms with Crippen LogP contribution in [0.5, 0.6) is 0 Å². The molecule has 3 heteroatoms. The van der Waals surface area contributed by atoms with Gasteiger partial charge in [-0.05, 0) is 66.5 Å². The Kier molecular flexibility index (Phi) is 3.79. The summed E-state index contributed by atoms with van der Waals surface area (Å²) < 4.78 is 13.8. The molecule has 3 saturated carbocycles. The molecular formula is C22H30FNO. The molecule has 0 spiro atoms. The molecule has 2 bridgehead atoms. The lowest BCUT2D eigenvalue weighted by molar-refractivity contribution is -0.128. The van der Waals surface area contributed by atoms with Crippen LogP contribution in [-0.4, -0.2) is 11.9 Å². The average Bonchev–Trinajstić information content (AvgIpc) is 3.19. The Balaban J connectivity index is 1.61. The van der Waals surface area contributed by atoms with Gasteiger partial charge in [-0.15, -0.1) is 0 Å². The molecule has 4 rings (SSSR count). The zero-order valence-electron chi connectivity index (χ0n) is 15.7. The summed E-state index contributed by atoms with van der Waals surface area (Å²) in [6.45, 7) is 7.10. The monoisotopic (exact) mass is 343 g/mol. The van der Waals surface area contributed by atoms with Crippen molar-refractivity contribution in [3.8, 4) is 0 Å². The highest BCUT2D eigenvalue weighted by atomic mass is 19.1. The summed E-state index contributed by atoms with van der Waals surface area (Å²) in [5.74, 6) is 0.589. The van der Waals surface area contributed by atoms with Gasteiger partial charge in [0.25, 0.3) is 0 Å². The third kappa shape index (κ3) is 2.30. The van der Waals surface area contributed by atoms with E-state index >= 15 is 0 Å². The highest BCUT2D eigenvalue weighted by Crippen LogP contribution is 2.65. The maximum atomic E-state index is 13.8. The van der Waals surface area contributed by atoms with Crippen LogP contribution in [0.3, 0.4) is 0 Å². The number of amides is 1. The first-order valence-corrected chi connectivity index (χ1v) is 9.87. The second-order valence-corrected chi connectivity index (χ2v) is 9.44. The molecule has 0 unspecified atom stereocenters. The molecular weight excluding hydrogens is 313 g/mol. The fourth-order valence-electron chi connectivity index (χ4n) is 6.13. The topological polar surface area (TPSA) is 29.1 Å². The van der Waals surface area contributed by atoms with E-state index in [1.807, 2.05) is 6.07 Å². The lowest BCUT2D eigenvalue weighted by Gasteiger charge is -2.41. The predicted molar refractivity (Wildman–Crippen MR) is 97.7 cm³/mol. The lowest BCUT2D eigenvalue weighted by atomic mass is 9.68. The van der Waals surface area contributed by atoms with Crippen molar-refractivity contribution in [1.82, 2.24) is 5.32 Å². The summed E-state index contributed by atoms with van der Waals surface area (Å²) in [5, 5.41) is 3.45. The van der Waals surface area contributed by atoms with Crippen LogP contribution in [0.25, 0.3) is 0 Å². The van der Waals surface area contributed by atoms with Crippen molar-refractivity contribution in [2.45, 2.75) is 77.2 Å². The van der Waals surface area contributed by atoms with Gasteiger partial charge in [0.15, 0.2) is 0 Å². The summed E-state index contributed by atoms with van der Waals surface area (Å²) in [5.41, 5.74) is 0.779. The largest absolute Gasteiger partial charge is 0.352 e. The van der Waals surface area contributed by atoms with E-state index in [0.717, 1.165) is 37.7 Å². The fraction of sp³-hybridized carbons (Fsp3) is 0.682. The Labute approximate surface area is 150 Å². The maximum Gasteiger partial charge on any atom is 0.230 e. The maximum absolute atomic E-state index is 13.8. The van der Waals surface area contributed by atoms with E-state index in [1.165, 1.54) is 18.9 Å². The van der Waals surface area contributed by atoms with Crippen LogP contribution < -0.4 is 5.32 Å². The van der Waals surface area contributed by atoms with E-state index in [0.29, 0.717) is 5.92 Å². The van der Waals surface area contributed by atoms with Crippen LogP contribution in [0.15, 0.2) is 24.3 Å². The molecule has 3 aliphatic carbocycles. The van der Waals surface area contributed by atoms with Crippen LogP contribution in [0.1, 0.15) is 71.3 Å². The van der Waals surface area contributed by atoms with Crippen molar-refractivity contribution in [1.29, 1.82) is 0 Å². The van der Waals surface area contributed by atoms with Gasteiger partial charge in [-0.25, -0.2) is 4.39 Å². The SMILES string of the molecule is CC1(C)[C@H]2CC[C@@]1(C)[C@H](NC(=O)C1(c3cccc(F)c3)CCCC1)C2. The Morgan fingerprint density at radius 3 is 2.44 bits per heavy atom. The zero-order chi connectivity index (χ0) is 17.9. The van der Waals surface area contributed by atoms with Crippen molar-refractivity contribution in [2.24, 2.45) is 16.7 Å². The molecule has 1 N–H and O–H groups in total. The summed E-state index contributed by atoms with van der Waals surface area (Å²) in [6, 6.07) is 6.95. The highest BCUT2D eigenvalue weighted by Gasteiger charge is 2.62. The Hall–Kier alpha value is -1.38. The van der Waals surface area contributed by atoms with Gasteiger partial charge in [-0.2, -0.15) is 0 Å². The molecule has 25 heavy (non-hydrogen) atoms. The molecule has 1 amide bonds. The molecule has 2 nitrogen and oxygen atoms in total. The molecule has 1 aromatic carbocycles. The summed E-state index contributed by atoms with van der Waals surface area (Å²) >= 11 is 0. The number of carbonyl (C=O) groups excluding carboxylic acids is 1. The molecule has 1 aromatic rings. The van der Waals surface area contributed by atoms with Gasteiger partial charge < -0.3 is 5.32 Å². The first-order valence-electron chi connectivity index (χ1n) is 9.87. The van der Waals surface area contributed by atoms with Crippen molar-refractivity contribution in [2.75, 3.05) is 0 Å². The number of rotatable bonds is 3. The van der Waals surface area contributed by atoms with E-state index < -0.39 is 5.41 Å². The van der Waals surface area contributed by atoms with Gasteiger partial charge >= 0.3 is 0 Å². The first kappa shape index (κ1) is 17.1. The number of benzene rings is 1. The van der Waals surface area contributed by atoms with E-state index in [4.69, 9.17) is 0 Å². The van der Waals surface area contributed by atoms with Gasteiger partial charge in [-0.1, -0.05) is 45.7 Å². The van der Waals surface area contributed by atoms with Crippen LogP contribution in [0, 0.1) is 22.6 Å². The standard InChI is InChI=1S/C22H30FNO/c1-20(2)15-9-12-21(20,3)18(14-15)24-19(25)22(10-4-5-11-22)16-7-6-8-17(23)13-16/h6-8,13,15,18H,4-5,9-12,14H2,1-3H3,(H,24,25)/t15-,18+,21-/m0/s1. The minimum absolute atomic E-state index is 0.130. The summed E-state index contributed by atoms with van der Waals surface area (Å²) in [6.07, 6.45) is 7.32. The van der Waals surface area contributed by atoms with E-state index in [-0.39, 0.29) is 28.6 Å². The average molecular weight is 343 g/mol. The summed E-state index contributed by atoms with van der Waals surface area (Å²) in [7, 11) is 0. The predicted octanol–water partition coefficient (Wildman–Crippen LogP) is 4.97. The van der Waals surface area contributed by atoms with Crippen LogP contribution in [0.4, 0.5) is 4.39 Å². The molecule has 3 aliphatic rings. The molecule has 136 valence electrons. The second-order valence-electron chi connectivity index (χ2n) is 9.44. The van der Waals surface area contributed by atoms with Crippen LogP contribution in [-0.2, 0) is 10.2 Å². The van der Waals surface area contributed by atoms with Gasteiger partial charge in [-0.3, -0.25) is 4.79 Å². The number of halogens is 1. The Morgan fingerprint density at radius 1 is 1.16 bits per heavy atom. The quantitative estimate of drug-likeness (QED) is 0.825. The van der Waals surface area contributed by atoms with Crippen molar-refractivity contribution in [3.63, 3.8) is 0 Å². The van der Waals surface area contributed by atoms with Gasteiger partial charge in [0.05, 0.1) is 5.41 Å². The van der Waals surface area contributed by atoms with Crippen LogP contribution >= 0.6 is 0 Å². The van der Waals surface area contributed by atoms with Gasteiger partial charge in [0.2, 0.25) is 5.91 Å². The zero-order valence-corrected chi connectivity index (χ0v) is 15.7. The van der Waals surface area contributed by atoms with Crippen molar-refractivity contribution >= 4 is 5.91 Å². The van der Waals surface area contributed by atoms with Crippen LogP contribution in [0.2, 0.25) is 0 Å². The fourth-order valence-corrected chi connectivity index (χ4v) is 6.13. The lowest BCUT2D eigenvalue weighted by Crippen LogP contribution is -2.52. The molecule has 3 fully saturated rings. The van der Waals surface area contributed by atoms with E-state index in [2.05, 4.69) is 26.1 Å². The third-order valence-electron chi connectivity index (χ3n) is 8.37. The van der Waals surface area contributed by atoms with E-state index in [9.17, 15) is 9.18 Å². The first-order chi connectivity index (χ1) is 11.8. The van der Waals surface area contributed by atoms with E-state index in [1.54, 1.807) is 12.1 Å². The number of fused-ring (bicyclic) bond motifs is 2. The number of hydrogen-bond donors (Lipinski definition) is 1. The molecule has 0 aromatic heterocycles. The third-order valence-corrected chi connectivity index (χ3v) is 8.37. The van der Waals surface area contributed by atoms with Gasteiger partial charge in [0.1, 0.15) is 5.82 Å². The minimum atomic E-state index is -0.537. The minimum Gasteiger partial charge on any atom is -0.352 e. The Bertz CT molecular complexity index is 691. The molecule has 3 atom stereocenters. The smallest absolute Gasteiger partial charge is 0.230 e. The van der Waals surface area contributed by atoms with Gasteiger partial charge in [0, 0.05) is 6.04 Å². The Morgan fingerprint density at radius 2 is 1.88 bits per heavy atom. The number of carbonyl (C=O) groups is 1. The van der Waals surface area contributed by atoms with Crippen molar-refractivity contribution in [3.05, 3.63) is 35.6 Å². The highest BCUT2D eigenvalue weighted by molar-refractivity contribution is 5.89. The molecule has 0 heterocycles. The van der Waals surface area contributed by atoms with Crippen molar-refractivity contribution < 1.29 is 9.18 Å². The number of nitrogens with one attached hydrogen (secondary N) is 1.